The third-order valence-corrected chi connectivity index (χ3v) is 3.99. The molecule has 2 rings (SSSR count). The largest absolute Gasteiger partial charge is 0.396 e. The Morgan fingerprint density at radius 2 is 2.18 bits per heavy atom. The van der Waals surface area contributed by atoms with Gasteiger partial charge in [0.25, 0.3) is 0 Å². The van der Waals surface area contributed by atoms with E-state index in [0.29, 0.717) is 37.7 Å². The number of aliphatic hydroxyl groups excluding tert-OH is 1. The highest BCUT2D eigenvalue weighted by Gasteiger charge is 2.18. The van der Waals surface area contributed by atoms with E-state index >= 15 is 0 Å². The van der Waals surface area contributed by atoms with E-state index in [0.717, 1.165) is 18.7 Å². The number of ether oxygens (including phenoxy) is 1. The third kappa shape index (κ3) is 5.93. The standard InChI is InChI=1S/C16H23ClN2O3/c17-15-3-1-13(2-4-15)9-18-16(21)5-6-19-7-8-22-12-14(10-19)11-20/h1-4,14,20H,5-12H2,(H,18,21)/t14-/m0/s1. The molecule has 0 bridgehead atoms. The second-order valence-corrected chi connectivity index (χ2v) is 6.01. The summed E-state index contributed by atoms with van der Waals surface area (Å²) in [6, 6.07) is 7.44. The summed E-state index contributed by atoms with van der Waals surface area (Å²) < 4.78 is 5.44. The van der Waals surface area contributed by atoms with Crippen LogP contribution < -0.4 is 5.32 Å². The summed E-state index contributed by atoms with van der Waals surface area (Å²) in [5, 5.41) is 12.8. The summed E-state index contributed by atoms with van der Waals surface area (Å²) >= 11 is 5.83. The normalized spacial score (nSPS) is 19.6. The Bertz CT molecular complexity index is 467. The lowest BCUT2D eigenvalue weighted by atomic mass is 10.1. The van der Waals surface area contributed by atoms with Crippen LogP contribution in [-0.4, -0.2) is 55.4 Å². The van der Waals surface area contributed by atoms with Crippen LogP contribution in [0.1, 0.15) is 12.0 Å². The minimum absolute atomic E-state index is 0.0284. The number of carbonyl (C=O) groups is 1. The molecule has 0 aliphatic carbocycles. The average molecular weight is 327 g/mol. The van der Waals surface area contributed by atoms with Crippen LogP contribution in [0, 0.1) is 5.92 Å². The van der Waals surface area contributed by atoms with Crippen molar-refractivity contribution in [3.63, 3.8) is 0 Å². The van der Waals surface area contributed by atoms with Crippen molar-refractivity contribution < 1.29 is 14.6 Å². The van der Waals surface area contributed by atoms with Crippen LogP contribution in [0.5, 0.6) is 0 Å². The molecule has 122 valence electrons. The number of hydrogen-bond acceptors (Lipinski definition) is 4. The Morgan fingerprint density at radius 3 is 2.91 bits per heavy atom. The van der Waals surface area contributed by atoms with Crippen LogP contribution in [0.25, 0.3) is 0 Å². The zero-order chi connectivity index (χ0) is 15.8. The SMILES string of the molecule is O=C(CCN1CCOC[C@H](CO)C1)NCc1ccc(Cl)cc1. The van der Waals surface area contributed by atoms with Crippen molar-refractivity contribution >= 4 is 17.5 Å². The Kier molecular flexibility index (Phi) is 7.12. The summed E-state index contributed by atoms with van der Waals surface area (Å²) in [5.74, 6) is 0.167. The molecule has 1 aliphatic rings. The molecule has 0 saturated carbocycles. The number of amides is 1. The van der Waals surface area contributed by atoms with E-state index in [9.17, 15) is 9.90 Å². The van der Waals surface area contributed by atoms with Crippen molar-refractivity contribution in [1.82, 2.24) is 10.2 Å². The fourth-order valence-electron chi connectivity index (χ4n) is 2.42. The first-order valence-corrected chi connectivity index (χ1v) is 7.97. The predicted octanol–water partition coefficient (Wildman–Crippen LogP) is 1.29. The fraction of sp³-hybridized carbons (Fsp3) is 0.562. The maximum absolute atomic E-state index is 11.9. The minimum Gasteiger partial charge on any atom is -0.396 e. The lowest BCUT2D eigenvalue weighted by Crippen LogP contribution is -2.35. The molecule has 1 heterocycles. The number of aliphatic hydroxyl groups is 1. The highest BCUT2D eigenvalue weighted by atomic mass is 35.5. The molecule has 2 N–H and O–H groups in total. The van der Waals surface area contributed by atoms with Crippen molar-refractivity contribution in [2.24, 2.45) is 5.92 Å². The first kappa shape index (κ1) is 17.2. The molecule has 1 amide bonds. The molecule has 1 aliphatic heterocycles. The molecule has 5 nitrogen and oxygen atoms in total. The molecule has 0 radical (unpaired) electrons. The zero-order valence-corrected chi connectivity index (χ0v) is 13.4. The number of hydrogen-bond donors (Lipinski definition) is 2. The summed E-state index contributed by atoms with van der Waals surface area (Å²) in [5.41, 5.74) is 1.03. The molecule has 1 aromatic carbocycles. The van der Waals surface area contributed by atoms with E-state index in [1.165, 1.54) is 0 Å². The second-order valence-electron chi connectivity index (χ2n) is 5.58. The molecule has 1 fully saturated rings. The van der Waals surface area contributed by atoms with E-state index in [1.807, 2.05) is 24.3 Å². The number of nitrogens with zero attached hydrogens (tertiary/aromatic N) is 1. The van der Waals surface area contributed by atoms with Crippen molar-refractivity contribution in [3.8, 4) is 0 Å². The van der Waals surface area contributed by atoms with Crippen LogP contribution in [0.2, 0.25) is 5.02 Å². The second kappa shape index (κ2) is 9.10. The lowest BCUT2D eigenvalue weighted by molar-refractivity contribution is -0.121. The van der Waals surface area contributed by atoms with Gasteiger partial charge in [0.05, 0.1) is 13.2 Å². The zero-order valence-electron chi connectivity index (χ0n) is 12.6. The molecular weight excluding hydrogens is 304 g/mol. The van der Waals surface area contributed by atoms with Crippen LogP contribution in [0.4, 0.5) is 0 Å². The van der Waals surface area contributed by atoms with Gasteiger partial charge in [0.2, 0.25) is 5.91 Å². The van der Waals surface area contributed by atoms with E-state index in [4.69, 9.17) is 16.3 Å². The Balaban J connectivity index is 1.69. The molecule has 0 aromatic heterocycles. The van der Waals surface area contributed by atoms with Gasteiger partial charge in [0.15, 0.2) is 0 Å². The Morgan fingerprint density at radius 1 is 1.41 bits per heavy atom. The van der Waals surface area contributed by atoms with Crippen LogP contribution in [0.3, 0.4) is 0 Å². The molecule has 0 unspecified atom stereocenters. The fourth-order valence-corrected chi connectivity index (χ4v) is 2.54. The van der Waals surface area contributed by atoms with E-state index in [1.54, 1.807) is 0 Å². The van der Waals surface area contributed by atoms with Crippen LogP contribution >= 0.6 is 11.6 Å². The van der Waals surface area contributed by atoms with Gasteiger partial charge in [-0.05, 0) is 17.7 Å². The summed E-state index contributed by atoms with van der Waals surface area (Å²) in [7, 11) is 0. The maximum Gasteiger partial charge on any atom is 0.221 e. The topological polar surface area (TPSA) is 61.8 Å². The van der Waals surface area contributed by atoms with Gasteiger partial charge in [-0.2, -0.15) is 0 Å². The first-order valence-electron chi connectivity index (χ1n) is 7.59. The molecule has 22 heavy (non-hydrogen) atoms. The Hall–Kier alpha value is -1.14. The van der Waals surface area contributed by atoms with Gasteiger partial charge in [-0.1, -0.05) is 23.7 Å². The molecular formula is C16H23ClN2O3. The van der Waals surface area contributed by atoms with Gasteiger partial charge < -0.3 is 20.1 Å². The Labute approximate surface area is 136 Å². The highest BCUT2D eigenvalue weighted by molar-refractivity contribution is 6.30. The van der Waals surface area contributed by atoms with Crippen LogP contribution in [0.15, 0.2) is 24.3 Å². The van der Waals surface area contributed by atoms with Gasteiger partial charge in [-0.3, -0.25) is 4.79 Å². The van der Waals surface area contributed by atoms with E-state index < -0.39 is 0 Å². The van der Waals surface area contributed by atoms with Gasteiger partial charge in [-0.15, -0.1) is 0 Å². The van der Waals surface area contributed by atoms with Crippen molar-refractivity contribution in [3.05, 3.63) is 34.9 Å². The van der Waals surface area contributed by atoms with Gasteiger partial charge in [0.1, 0.15) is 0 Å². The summed E-state index contributed by atoms with van der Waals surface area (Å²) in [6.45, 7) is 4.16. The van der Waals surface area contributed by atoms with Crippen LogP contribution in [-0.2, 0) is 16.1 Å². The number of rotatable bonds is 6. The average Bonchev–Trinajstić information content (AvgIpc) is 2.77. The quantitative estimate of drug-likeness (QED) is 0.827. The number of halogens is 1. The van der Waals surface area contributed by atoms with Crippen molar-refractivity contribution in [2.45, 2.75) is 13.0 Å². The van der Waals surface area contributed by atoms with Gasteiger partial charge >= 0.3 is 0 Å². The lowest BCUT2D eigenvalue weighted by Gasteiger charge is -2.21. The third-order valence-electron chi connectivity index (χ3n) is 3.74. The van der Waals surface area contributed by atoms with E-state index in [-0.39, 0.29) is 18.4 Å². The number of nitrogens with one attached hydrogen (secondary N) is 1. The minimum atomic E-state index is 0.0284. The van der Waals surface area contributed by atoms with E-state index in [2.05, 4.69) is 10.2 Å². The molecule has 0 spiro atoms. The molecule has 1 atom stereocenters. The number of carbonyl (C=O) groups excluding carboxylic acids is 1. The number of benzene rings is 1. The maximum atomic E-state index is 11.9. The predicted molar refractivity (Wildman–Crippen MR) is 85.8 cm³/mol. The summed E-state index contributed by atoms with van der Waals surface area (Å²) in [4.78, 5) is 14.1. The van der Waals surface area contributed by atoms with Crippen molar-refractivity contribution in [2.75, 3.05) is 39.5 Å². The van der Waals surface area contributed by atoms with Gasteiger partial charge in [-0.25, -0.2) is 0 Å². The van der Waals surface area contributed by atoms with Gasteiger partial charge in [0, 0.05) is 50.1 Å². The van der Waals surface area contributed by atoms with Crippen molar-refractivity contribution in [1.29, 1.82) is 0 Å². The smallest absolute Gasteiger partial charge is 0.221 e. The molecule has 1 saturated heterocycles. The first-order chi connectivity index (χ1) is 10.7. The molecule has 6 heteroatoms. The highest BCUT2D eigenvalue weighted by Crippen LogP contribution is 2.09. The molecule has 1 aromatic rings. The summed E-state index contributed by atoms with van der Waals surface area (Å²) in [6.07, 6.45) is 0.450. The monoisotopic (exact) mass is 326 g/mol.